The highest BCUT2D eigenvalue weighted by Gasteiger charge is 2.41. The monoisotopic (exact) mass is 341 g/mol. The zero-order valence-corrected chi connectivity index (χ0v) is 14.6. The average molecular weight is 341 g/mol. The van der Waals surface area contributed by atoms with Gasteiger partial charge in [0.2, 0.25) is 5.75 Å². The molecule has 1 heterocycles. The molecular formula is C19H19NO5. The number of Topliss-reactive ketones (excluding diaryl/α,β-unsaturated/α-hetero) is 1. The second-order valence-electron chi connectivity index (χ2n) is 5.69. The van der Waals surface area contributed by atoms with Crippen LogP contribution in [0.2, 0.25) is 0 Å². The molecule has 0 spiro atoms. The molecule has 0 fully saturated rings. The van der Waals surface area contributed by atoms with Crippen molar-refractivity contribution in [3.63, 3.8) is 0 Å². The van der Waals surface area contributed by atoms with Crippen molar-refractivity contribution in [3.8, 4) is 17.2 Å². The van der Waals surface area contributed by atoms with Crippen LogP contribution >= 0.6 is 0 Å². The fourth-order valence-corrected chi connectivity index (χ4v) is 3.03. The van der Waals surface area contributed by atoms with E-state index in [2.05, 4.69) is 0 Å². The second kappa shape index (κ2) is 6.47. The Kier molecular flexibility index (Phi) is 4.35. The molecule has 0 radical (unpaired) electrons. The van der Waals surface area contributed by atoms with Crippen molar-refractivity contribution in [1.29, 1.82) is 0 Å². The van der Waals surface area contributed by atoms with Gasteiger partial charge >= 0.3 is 0 Å². The largest absolute Gasteiger partial charge is 0.493 e. The number of amides is 1. The van der Waals surface area contributed by atoms with Crippen LogP contribution in [0.1, 0.15) is 21.5 Å². The first kappa shape index (κ1) is 16.8. The molecule has 0 atom stereocenters. The van der Waals surface area contributed by atoms with Crippen molar-refractivity contribution in [3.05, 3.63) is 47.0 Å². The fraction of sp³-hybridized carbons (Fsp3) is 0.263. The third kappa shape index (κ3) is 2.59. The Morgan fingerprint density at radius 2 is 1.64 bits per heavy atom. The minimum atomic E-state index is -0.610. The zero-order valence-electron chi connectivity index (χ0n) is 14.6. The molecule has 3 rings (SSSR count). The average Bonchev–Trinajstić information content (AvgIpc) is 2.86. The molecule has 0 N–H and O–H groups in total. The molecule has 1 aliphatic rings. The molecule has 0 saturated heterocycles. The number of hydrogen-bond acceptors (Lipinski definition) is 5. The van der Waals surface area contributed by atoms with Gasteiger partial charge in [-0.1, -0.05) is 24.3 Å². The van der Waals surface area contributed by atoms with Crippen LogP contribution in [-0.2, 0) is 11.3 Å². The number of ketones is 1. The Morgan fingerprint density at radius 1 is 0.960 bits per heavy atom. The van der Waals surface area contributed by atoms with Crippen LogP contribution in [0.25, 0.3) is 0 Å². The van der Waals surface area contributed by atoms with E-state index in [0.29, 0.717) is 23.7 Å². The van der Waals surface area contributed by atoms with Gasteiger partial charge in [0.25, 0.3) is 11.7 Å². The highest BCUT2D eigenvalue weighted by atomic mass is 16.5. The molecule has 1 aliphatic heterocycles. The van der Waals surface area contributed by atoms with Gasteiger partial charge in [-0.25, -0.2) is 0 Å². The third-order valence-electron chi connectivity index (χ3n) is 4.36. The van der Waals surface area contributed by atoms with Crippen molar-refractivity contribution >= 4 is 17.4 Å². The maximum atomic E-state index is 12.6. The predicted octanol–water partition coefficient (Wildman–Crippen LogP) is 2.75. The summed E-state index contributed by atoms with van der Waals surface area (Å²) in [6, 6.07) is 9.37. The van der Waals surface area contributed by atoms with Gasteiger partial charge in [0.15, 0.2) is 11.5 Å². The van der Waals surface area contributed by atoms with Gasteiger partial charge in [0, 0.05) is 6.07 Å². The molecule has 1 amide bonds. The van der Waals surface area contributed by atoms with Crippen molar-refractivity contribution in [2.45, 2.75) is 13.5 Å². The molecule has 130 valence electrons. The summed E-state index contributed by atoms with van der Waals surface area (Å²) < 4.78 is 16.0. The lowest BCUT2D eigenvalue weighted by molar-refractivity contribution is -0.114. The lowest BCUT2D eigenvalue weighted by Gasteiger charge is -2.20. The molecule has 25 heavy (non-hydrogen) atoms. The first-order chi connectivity index (χ1) is 12.0. The summed E-state index contributed by atoms with van der Waals surface area (Å²) in [7, 11) is 4.38. The first-order valence-corrected chi connectivity index (χ1v) is 7.77. The number of rotatable bonds is 5. The Labute approximate surface area is 145 Å². The molecule has 0 saturated carbocycles. The smallest absolute Gasteiger partial charge is 0.299 e. The number of benzene rings is 2. The van der Waals surface area contributed by atoms with Crippen LogP contribution in [0.5, 0.6) is 17.2 Å². The SMILES string of the molecule is COc1cc2c(c(OC)c1OC)C(=O)C(=O)N2Cc1ccccc1C. The van der Waals surface area contributed by atoms with Crippen molar-refractivity contribution in [2.24, 2.45) is 0 Å². The number of ether oxygens (including phenoxy) is 3. The highest BCUT2D eigenvalue weighted by molar-refractivity contribution is 6.53. The molecule has 2 aromatic rings. The van der Waals surface area contributed by atoms with E-state index in [1.807, 2.05) is 31.2 Å². The van der Waals surface area contributed by atoms with Crippen LogP contribution in [0.3, 0.4) is 0 Å². The quantitative estimate of drug-likeness (QED) is 0.783. The standard InChI is InChI=1S/C19H19NO5/c1-11-7-5-6-8-12(11)10-20-13-9-14(23-2)17(24-3)18(25-4)15(13)16(21)19(20)22/h5-9H,10H2,1-4H3. The Balaban J connectivity index is 2.16. The van der Waals surface area contributed by atoms with Crippen LogP contribution in [0.15, 0.2) is 30.3 Å². The minimum absolute atomic E-state index is 0.207. The van der Waals surface area contributed by atoms with Crippen molar-refractivity contribution in [2.75, 3.05) is 26.2 Å². The van der Waals surface area contributed by atoms with Gasteiger partial charge in [0.05, 0.1) is 39.1 Å². The van der Waals surface area contributed by atoms with E-state index < -0.39 is 11.7 Å². The number of hydrogen-bond donors (Lipinski definition) is 0. The molecule has 2 aromatic carbocycles. The number of aryl methyl sites for hydroxylation is 1. The van der Waals surface area contributed by atoms with Crippen molar-refractivity contribution < 1.29 is 23.8 Å². The Bertz CT molecular complexity index is 859. The lowest BCUT2D eigenvalue weighted by Crippen LogP contribution is -2.29. The zero-order chi connectivity index (χ0) is 18.1. The normalized spacial score (nSPS) is 13.0. The molecular weight excluding hydrogens is 322 g/mol. The molecule has 0 aromatic heterocycles. The van der Waals surface area contributed by atoms with Crippen LogP contribution in [0, 0.1) is 6.92 Å². The van der Waals surface area contributed by atoms with Gasteiger partial charge in [-0.05, 0) is 18.1 Å². The van der Waals surface area contributed by atoms with Gasteiger partial charge < -0.3 is 19.1 Å². The number of fused-ring (bicyclic) bond motifs is 1. The van der Waals surface area contributed by atoms with Crippen LogP contribution < -0.4 is 19.1 Å². The van der Waals surface area contributed by atoms with E-state index in [1.54, 1.807) is 6.07 Å². The summed E-state index contributed by atoms with van der Waals surface area (Å²) in [4.78, 5) is 26.6. The minimum Gasteiger partial charge on any atom is -0.493 e. The Morgan fingerprint density at radius 3 is 2.24 bits per heavy atom. The summed E-state index contributed by atoms with van der Waals surface area (Å²) in [5.74, 6) is -0.297. The van der Waals surface area contributed by atoms with E-state index in [9.17, 15) is 9.59 Å². The lowest BCUT2D eigenvalue weighted by atomic mass is 10.1. The van der Waals surface area contributed by atoms with Gasteiger partial charge in [-0.2, -0.15) is 0 Å². The molecule has 0 unspecified atom stereocenters. The summed E-state index contributed by atoms with van der Waals surface area (Å²) in [6.07, 6.45) is 0. The Hall–Kier alpha value is -3.02. The van der Waals surface area contributed by atoms with E-state index in [1.165, 1.54) is 26.2 Å². The van der Waals surface area contributed by atoms with Gasteiger partial charge in [0.1, 0.15) is 0 Å². The first-order valence-electron chi connectivity index (χ1n) is 7.77. The predicted molar refractivity (Wildman–Crippen MR) is 92.8 cm³/mol. The van der Waals surface area contributed by atoms with E-state index in [4.69, 9.17) is 14.2 Å². The second-order valence-corrected chi connectivity index (χ2v) is 5.69. The third-order valence-corrected chi connectivity index (χ3v) is 4.36. The topological polar surface area (TPSA) is 65.1 Å². The number of carbonyl (C=O) groups excluding carboxylic acids is 2. The summed E-state index contributed by atoms with van der Waals surface area (Å²) in [5, 5.41) is 0. The van der Waals surface area contributed by atoms with Crippen molar-refractivity contribution in [1.82, 2.24) is 0 Å². The summed E-state index contributed by atoms with van der Waals surface area (Å²) in [5.41, 5.74) is 2.68. The van der Waals surface area contributed by atoms with Crippen LogP contribution in [-0.4, -0.2) is 33.0 Å². The molecule has 0 bridgehead atoms. The maximum absolute atomic E-state index is 12.6. The maximum Gasteiger partial charge on any atom is 0.299 e. The van der Waals surface area contributed by atoms with E-state index in [0.717, 1.165) is 11.1 Å². The molecule has 6 nitrogen and oxygen atoms in total. The molecule has 6 heteroatoms. The summed E-state index contributed by atoms with van der Waals surface area (Å²) >= 11 is 0. The van der Waals surface area contributed by atoms with Gasteiger partial charge in [-0.15, -0.1) is 0 Å². The fourth-order valence-electron chi connectivity index (χ4n) is 3.03. The molecule has 0 aliphatic carbocycles. The number of anilines is 1. The number of carbonyl (C=O) groups is 2. The number of methoxy groups -OCH3 is 3. The van der Waals surface area contributed by atoms with E-state index in [-0.39, 0.29) is 11.3 Å². The van der Waals surface area contributed by atoms with Crippen LogP contribution in [0.4, 0.5) is 5.69 Å². The van der Waals surface area contributed by atoms with Gasteiger partial charge in [-0.3, -0.25) is 9.59 Å². The van der Waals surface area contributed by atoms with E-state index >= 15 is 0 Å². The number of nitrogens with zero attached hydrogens (tertiary/aromatic N) is 1. The highest BCUT2D eigenvalue weighted by Crippen LogP contribution is 2.48. The summed E-state index contributed by atoms with van der Waals surface area (Å²) in [6.45, 7) is 2.26.